The number of thioether (sulfide) groups is 2. The normalized spacial score (nSPS) is 17.8. The molecule has 3 aliphatic rings. The number of terminal acetylenes is 1. The molecule has 0 spiro atoms. The van der Waals surface area contributed by atoms with Crippen LogP contribution in [-0.2, 0) is 54.3 Å². The van der Waals surface area contributed by atoms with Gasteiger partial charge in [-0.05, 0) is 69.0 Å². The molecule has 3 aromatic rings. The van der Waals surface area contributed by atoms with Gasteiger partial charge in [-0.2, -0.15) is 23.5 Å². The number of ether oxygens (including phenoxy) is 3. The molecule has 30 heteroatoms. The third kappa shape index (κ3) is 27.0. The molecular weight excluding hydrogens is 1250 g/mol. The molecule has 0 saturated carbocycles. The summed E-state index contributed by atoms with van der Waals surface area (Å²) in [4.78, 5) is 130. The number of likely N-dealkylation sites (tertiary alicyclic amines) is 1. The molecule has 4 heterocycles. The van der Waals surface area contributed by atoms with E-state index in [4.69, 9.17) is 20.6 Å². The maximum absolute atomic E-state index is 14.0. The minimum absolute atomic E-state index is 0.0154. The molecule has 1 aromatic heterocycles. The number of rotatable bonds is 36. The fraction of sp³-hybridized carbons (Fsp3) is 0.587. The maximum atomic E-state index is 14.0. The quantitative estimate of drug-likeness (QED) is 0.0264. The highest BCUT2D eigenvalue weighted by Crippen LogP contribution is 2.32. The van der Waals surface area contributed by atoms with Gasteiger partial charge in [0.25, 0.3) is 30.7 Å². The number of aliphatic hydroxyl groups excluding tert-OH is 1. The molecule has 0 aliphatic carbocycles. The molecule has 2 aromatic carbocycles. The lowest BCUT2D eigenvalue weighted by Gasteiger charge is -2.35. The number of benzene rings is 2. The first-order chi connectivity index (χ1) is 44.8. The van der Waals surface area contributed by atoms with E-state index in [2.05, 4.69) is 49.2 Å². The molecule has 26 nitrogen and oxygen atoms in total. The second kappa shape index (κ2) is 40.1. The third-order valence-corrected chi connectivity index (χ3v) is 18.0. The molecule has 0 bridgehead atoms. The van der Waals surface area contributed by atoms with Crippen LogP contribution in [0.5, 0.6) is 5.75 Å². The van der Waals surface area contributed by atoms with Crippen LogP contribution in [-0.4, -0.2) is 295 Å². The van der Waals surface area contributed by atoms with Gasteiger partial charge in [-0.15, -0.1) is 6.42 Å². The topological polar surface area (TPSA) is 305 Å². The van der Waals surface area contributed by atoms with E-state index in [1.54, 1.807) is 28.0 Å². The number of fused-ring (bicyclic) bond motifs is 1. The number of nitrogens with zero attached hydrogens (tertiary/aromatic N) is 8. The van der Waals surface area contributed by atoms with Gasteiger partial charge in [-0.25, -0.2) is 8.78 Å². The van der Waals surface area contributed by atoms with Crippen LogP contribution >= 0.6 is 23.5 Å². The average Bonchev–Trinajstić information content (AvgIpc) is 1.80. The van der Waals surface area contributed by atoms with E-state index in [9.17, 15) is 62.1 Å². The van der Waals surface area contributed by atoms with Gasteiger partial charge in [0.2, 0.25) is 23.6 Å². The summed E-state index contributed by atoms with van der Waals surface area (Å²) < 4.78 is 44.0. The Morgan fingerprint density at radius 1 is 0.763 bits per heavy atom. The second-order valence-electron chi connectivity index (χ2n) is 22.9. The van der Waals surface area contributed by atoms with Crippen molar-refractivity contribution in [2.24, 2.45) is 0 Å². The largest absolute Gasteiger partial charge is 0.494 e. The van der Waals surface area contributed by atoms with Crippen LogP contribution in [0, 0.1) is 19.3 Å². The van der Waals surface area contributed by atoms with Gasteiger partial charge in [-0.3, -0.25) is 72.6 Å². The maximum Gasteiger partial charge on any atom is 0.317 e. The lowest BCUT2D eigenvalue weighted by Crippen LogP contribution is -2.53. The molecule has 6 amide bonds. The number of unbranched alkanes of at least 4 members (excludes halogenated alkanes) is 1. The zero-order valence-electron chi connectivity index (χ0n) is 52.7. The van der Waals surface area contributed by atoms with Crippen LogP contribution in [0.15, 0.2) is 54.7 Å². The van der Waals surface area contributed by atoms with E-state index in [1.165, 1.54) is 35.8 Å². The molecule has 6 N–H and O–H groups in total. The molecule has 6 rings (SSSR count). The van der Waals surface area contributed by atoms with E-state index >= 15 is 0 Å². The van der Waals surface area contributed by atoms with Gasteiger partial charge in [0.15, 0.2) is 0 Å². The molecule has 93 heavy (non-hydrogen) atoms. The van der Waals surface area contributed by atoms with Crippen molar-refractivity contribution >= 4 is 88.8 Å². The third-order valence-electron chi connectivity index (χ3n) is 15.9. The Labute approximate surface area is 549 Å². The summed E-state index contributed by atoms with van der Waals surface area (Å²) in [5.41, 5.74) is 3.07. The zero-order chi connectivity index (χ0) is 67.0. The van der Waals surface area contributed by atoms with Crippen molar-refractivity contribution in [1.82, 2.24) is 60.6 Å². The Hall–Kier alpha value is -7.24. The van der Waals surface area contributed by atoms with Crippen LogP contribution in [0.3, 0.4) is 0 Å². The Kier molecular flexibility index (Phi) is 32.3. The molecule has 3 aliphatic heterocycles. The van der Waals surface area contributed by atoms with Crippen LogP contribution in [0.4, 0.5) is 8.78 Å². The Morgan fingerprint density at radius 2 is 1.39 bits per heavy atom. The van der Waals surface area contributed by atoms with E-state index in [1.807, 2.05) is 33.8 Å². The lowest BCUT2D eigenvalue weighted by molar-refractivity contribution is -0.141. The molecular formula is C63H88F2N12O14S2. The number of aliphatic hydroxyl groups is 1. The number of carbonyl (C=O) groups is 9. The first kappa shape index (κ1) is 74.8. The number of amides is 6. The van der Waals surface area contributed by atoms with Crippen LogP contribution in [0.2, 0.25) is 0 Å². The molecule has 3 saturated heterocycles. The number of aliphatic carboxylic acids is 1. The van der Waals surface area contributed by atoms with E-state index in [0.29, 0.717) is 139 Å². The van der Waals surface area contributed by atoms with Crippen molar-refractivity contribution in [3.8, 4) is 18.1 Å². The number of hydrogen-bond donors (Lipinski definition) is 6. The predicted octanol–water partition coefficient (Wildman–Crippen LogP) is 0.580. The summed E-state index contributed by atoms with van der Waals surface area (Å²) in [6.45, 7) is 7.32. The number of carboxylic acids is 1. The first-order valence-electron chi connectivity index (χ1n) is 31.2. The lowest BCUT2D eigenvalue weighted by atomic mass is 10.1. The molecule has 510 valence electrons. The highest BCUT2D eigenvalue weighted by atomic mass is 32.2. The number of pyridine rings is 1. The Morgan fingerprint density at radius 3 is 2.03 bits per heavy atom. The summed E-state index contributed by atoms with van der Waals surface area (Å²) in [6.07, 6.45) is 8.26. The molecule has 3 fully saturated rings. The van der Waals surface area contributed by atoms with Gasteiger partial charge in [0, 0.05) is 139 Å². The van der Waals surface area contributed by atoms with Crippen molar-refractivity contribution in [3.63, 3.8) is 0 Å². The van der Waals surface area contributed by atoms with E-state index in [0.717, 1.165) is 35.4 Å². The fourth-order valence-corrected chi connectivity index (χ4v) is 12.3. The smallest absolute Gasteiger partial charge is 0.317 e. The number of aromatic nitrogens is 1. The monoisotopic (exact) mass is 1340 g/mol. The van der Waals surface area contributed by atoms with Crippen LogP contribution in [0.1, 0.15) is 53.6 Å². The summed E-state index contributed by atoms with van der Waals surface area (Å²) in [5, 5.41) is 32.4. The number of piperazine rings is 1. The number of alkyl halides is 2. The average molecular weight is 1340 g/mol. The van der Waals surface area contributed by atoms with Gasteiger partial charge >= 0.3 is 5.97 Å². The van der Waals surface area contributed by atoms with Crippen LogP contribution < -0.4 is 26.0 Å². The van der Waals surface area contributed by atoms with Gasteiger partial charge in [0.05, 0.1) is 49.9 Å². The molecule has 0 unspecified atom stereocenters. The van der Waals surface area contributed by atoms with Crippen molar-refractivity contribution in [3.05, 3.63) is 71.4 Å². The second-order valence-corrected chi connectivity index (χ2v) is 25.2. The Bertz CT molecular complexity index is 2970. The number of hydrogen-bond acceptors (Lipinski definition) is 21. The standard InChI is InChI=1S/C63H88F2N12O14S2/c1-3-49-36-63(64,65)42-77(49)58(83)37-69-60(86)51-15-16-66-53-14-13-50(35-52(51)53)91-32-5-4-19-71-28-30-76(31-29-71)62(88)55(80)41-93-34-18-68-61(87)54(40-92-33-17-67-56(81)8-6-7-48-11-9-47(2)10-12-48)70-57(82)38-72-20-21-73(39-59(84)85)23-25-75(44-90-46-79)27-26-74(24-22-72)43-89-45-78/h1,9-16,35,45-46,49,54-55,80H,4-8,17-34,36-44H2,2H3,(H,67,81)(H,68,87)(H,69,86)(H,70,82)(H,84,85)/t49-,54-,55+/m0/s1. The fourth-order valence-electron chi connectivity index (χ4n) is 10.7. The van der Waals surface area contributed by atoms with E-state index < -0.39 is 73.2 Å². The highest BCUT2D eigenvalue weighted by Gasteiger charge is 2.46. The number of nitrogens with one attached hydrogen (secondary N) is 4. The predicted molar refractivity (Wildman–Crippen MR) is 346 cm³/mol. The van der Waals surface area contributed by atoms with Crippen molar-refractivity contribution < 1.29 is 76.4 Å². The summed E-state index contributed by atoms with van der Waals surface area (Å²) in [6, 6.07) is 12.8. The Balaban J connectivity index is 0.919. The van der Waals surface area contributed by atoms with Crippen molar-refractivity contribution in [1.29, 1.82) is 0 Å². The van der Waals surface area contributed by atoms with Crippen molar-refractivity contribution in [2.75, 3.05) is 167 Å². The number of carbonyl (C=O) groups excluding carboxylic acids is 8. The first-order valence-corrected chi connectivity index (χ1v) is 33.5. The SMILES string of the molecule is C#C[C@H]1CC(F)(F)CN1C(=O)CNC(=O)c1ccnc2ccc(OCCCCN3CCN(C(=O)[C@H](O)CSCCNC(=O)[C@H](CSCCNC(=O)CCCc4ccc(C)cc4)NC(=O)CN4CCN(COC=O)CCN(COC=O)CCN(CC(=O)O)CC4)CC3)cc12. The minimum Gasteiger partial charge on any atom is -0.494 e. The zero-order valence-corrected chi connectivity index (χ0v) is 54.4. The van der Waals surface area contributed by atoms with Crippen molar-refractivity contribution in [2.45, 2.75) is 69.6 Å². The minimum atomic E-state index is -3.10. The number of halogens is 2. The van der Waals surface area contributed by atoms with E-state index in [-0.39, 0.29) is 75.1 Å². The van der Waals surface area contributed by atoms with Gasteiger partial charge in [-0.1, -0.05) is 35.7 Å². The summed E-state index contributed by atoms with van der Waals surface area (Å²) in [5.74, 6) is -3.00. The van der Waals surface area contributed by atoms with Crippen LogP contribution in [0.25, 0.3) is 10.9 Å². The number of aryl methyl sites for hydroxylation is 2. The van der Waals surface area contributed by atoms with Gasteiger partial charge < -0.3 is 55.5 Å². The molecule has 3 atom stereocenters. The summed E-state index contributed by atoms with van der Waals surface area (Å²) in [7, 11) is 0. The number of carboxylic acid groups (broad SMARTS) is 1. The highest BCUT2D eigenvalue weighted by molar-refractivity contribution is 7.99. The summed E-state index contributed by atoms with van der Waals surface area (Å²) >= 11 is 2.68. The van der Waals surface area contributed by atoms with Gasteiger partial charge in [0.1, 0.15) is 31.4 Å². The molecule has 0 radical (unpaired) electrons.